The molecule has 1 amide bonds. The number of nitrogens with zero attached hydrogens (tertiary/aromatic N) is 3. The number of amides is 1. The first-order valence-electron chi connectivity index (χ1n) is 9.21. The van der Waals surface area contributed by atoms with Gasteiger partial charge >= 0.3 is 0 Å². The van der Waals surface area contributed by atoms with Gasteiger partial charge in [-0.15, -0.1) is 10.2 Å². The van der Waals surface area contributed by atoms with Crippen molar-refractivity contribution in [2.75, 3.05) is 12.4 Å². The summed E-state index contributed by atoms with van der Waals surface area (Å²) in [5, 5.41) is 12.0. The number of anilines is 1. The molecule has 0 radical (unpaired) electrons. The number of carbonyl (C=O) groups excluding carboxylic acids is 1. The van der Waals surface area contributed by atoms with E-state index < -0.39 is 5.25 Å². The lowest BCUT2D eigenvalue weighted by molar-refractivity contribution is -0.115. The molecule has 1 saturated carbocycles. The van der Waals surface area contributed by atoms with Crippen molar-refractivity contribution < 1.29 is 9.53 Å². The van der Waals surface area contributed by atoms with Crippen LogP contribution in [-0.4, -0.2) is 27.8 Å². The van der Waals surface area contributed by atoms with Crippen LogP contribution in [0.25, 0.3) is 0 Å². The highest BCUT2D eigenvalue weighted by atomic mass is 32.2. The van der Waals surface area contributed by atoms with Gasteiger partial charge in [0.05, 0.1) is 7.11 Å². The molecule has 1 aliphatic rings. The maximum absolute atomic E-state index is 13.2. The molecular formula is C21H22N4O2S. The van der Waals surface area contributed by atoms with Gasteiger partial charge in [-0.05, 0) is 30.5 Å². The van der Waals surface area contributed by atoms with Crippen molar-refractivity contribution in [3.05, 3.63) is 66.0 Å². The average molecular weight is 395 g/mol. The minimum absolute atomic E-state index is 0.111. The van der Waals surface area contributed by atoms with Crippen LogP contribution >= 0.6 is 11.8 Å². The Balaban J connectivity index is 1.59. The quantitative estimate of drug-likeness (QED) is 0.609. The van der Waals surface area contributed by atoms with Gasteiger partial charge in [0.15, 0.2) is 5.16 Å². The number of hydrogen-bond acceptors (Lipinski definition) is 5. The van der Waals surface area contributed by atoms with Crippen LogP contribution in [0.15, 0.2) is 59.8 Å². The van der Waals surface area contributed by atoms with E-state index in [1.807, 2.05) is 60.1 Å². The molecule has 0 spiro atoms. The number of ether oxygens (including phenoxy) is 1. The summed E-state index contributed by atoms with van der Waals surface area (Å²) >= 11 is 1.42. The second-order valence-corrected chi connectivity index (χ2v) is 7.88. The minimum Gasteiger partial charge on any atom is -0.497 e. The van der Waals surface area contributed by atoms with E-state index in [0.717, 1.165) is 29.4 Å². The first-order valence-corrected chi connectivity index (χ1v) is 10.1. The molecule has 1 aromatic heterocycles. The fraction of sp³-hybridized carbons (Fsp3) is 0.286. The Hall–Kier alpha value is -2.80. The van der Waals surface area contributed by atoms with Crippen molar-refractivity contribution in [2.45, 2.75) is 29.2 Å². The normalized spacial score (nSPS) is 14.5. The molecule has 3 aromatic rings. The molecule has 4 rings (SSSR count). The van der Waals surface area contributed by atoms with Crippen molar-refractivity contribution >= 4 is 23.4 Å². The van der Waals surface area contributed by atoms with Gasteiger partial charge in [-0.3, -0.25) is 4.79 Å². The van der Waals surface area contributed by atoms with Crippen LogP contribution < -0.4 is 10.1 Å². The third-order valence-corrected chi connectivity index (χ3v) is 6.00. The summed E-state index contributed by atoms with van der Waals surface area (Å²) in [4.78, 5) is 13.2. The highest BCUT2D eigenvalue weighted by Crippen LogP contribution is 2.41. The van der Waals surface area contributed by atoms with Crippen LogP contribution in [-0.2, 0) is 11.8 Å². The topological polar surface area (TPSA) is 69.0 Å². The van der Waals surface area contributed by atoms with Gasteiger partial charge in [0.2, 0.25) is 5.91 Å². The number of aromatic nitrogens is 3. The van der Waals surface area contributed by atoms with E-state index in [2.05, 4.69) is 15.5 Å². The first kappa shape index (κ1) is 18.6. The molecule has 28 heavy (non-hydrogen) atoms. The van der Waals surface area contributed by atoms with Crippen molar-refractivity contribution in [1.29, 1.82) is 0 Å². The Morgan fingerprint density at radius 1 is 1.18 bits per heavy atom. The molecule has 144 valence electrons. The molecule has 1 unspecified atom stereocenters. The molecule has 1 fully saturated rings. The summed E-state index contributed by atoms with van der Waals surface area (Å²) in [6.45, 7) is 0. The molecule has 6 nitrogen and oxygen atoms in total. The molecule has 1 aliphatic carbocycles. The third-order valence-electron chi connectivity index (χ3n) is 4.71. The standard InChI is InChI=1S/C21H22N4O2S/c1-25-19(15-11-12-15)23-24-21(25)28-18(14-7-4-3-5-8-14)20(26)22-16-9-6-10-17(13-16)27-2/h3-10,13,15,18H,11-12H2,1-2H3,(H,22,26). The number of benzene rings is 2. The van der Waals surface area contributed by atoms with E-state index in [0.29, 0.717) is 17.4 Å². The number of hydrogen-bond donors (Lipinski definition) is 1. The van der Waals surface area contributed by atoms with E-state index in [-0.39, 0.29) is 5.91 Å². The summed E-state index contributed by atoms with van der Waals surface area (Å²) in [6.07, 6.45) is 2.32. The van der Waals surface area contributed by atoms with E-state index in [1.54, 1.807) is 13.2 Å². The van der Waals surface area contributed by atoms with Gasteiger partial charge in [0.25, 0.3) is 0 Å². The highest BCUT2D eigenvalue weighted by Gasteiger charge is 2.31. The van der Waals surface area contributed by atoms with E-state index in [4.69, 9.17) is 4.74 Å². The maximum atomic E-state index is 13.2. The number of carbonyl (C=O) groups is 1. The van der Waals surface area contributed by atoms with Gasteiger partial charge in [0.1, 0.15) is 16.8 Å². The van der Waals surface area contributed by atoms with Crippen molar-refractivity contribution in [1.82, 2.24) is 14.8 Å². The van der Waals surface area contributed by atoms with Crippen LogP contribution in [0.1, 0.15) is 35.4 Å². The zero-order valence-electron chi connectivity index (χ0n) is 15.8. The van der Waals surface area contributed by atoms with Crippen molar-refractivity contribution in [2.24, 2.45) is 7.05 Å². The molecule has 1 N–H and O–H groups in total. The van der Waals surface area contributed by atoms with E-state index in [9.17, 15) is 4.79 Å². The average Bonchev–Trinajstić information content (AvgIpc) is 3.50. The van der Waals surface area contributed by atoms with Crippen LogP contribution in [0, 0.1) is 0 Å². The summed E-state index contributed by atoms with van der Waals surface area (Å²) in [5.74, 6) is 2.10. The fourth-order valence-corrected chi connectivity index (χ4v) is 4.05. The second kappa shape index (κ2) is 8.06. The summed E-state index contributed by atoms with van der Waals surface area (Å²) in [6, 6.07) is 17.1. The Morgan fingerprint density at radius 2 is 1.96 bits per heavy atom. The Bertz CT molecular complexity index is 970. The molecule has 1 atom stereocenters. The Morgan fingerprint density at radius 3 is 2.68 bits per heavy atom. The Kier molecular flexibility index (Phi) is 5.34. The van der Waals surface area contributed by atoms with Gasteiger partial charge in [-0.2, -0.15) is 0 Å². The first-order chi connectivity index (χ1) is 13.7. The van der Waals surface area contributed by atoms with Crippen LogP contribution in [0.4, 0.5) is 5.69 Å². The lowest BCUT2D eigenvalue weighted by Crippen LogP contribution is -2.19. The zero-order valence-corrected chi connectivity index (χ0v) is 16.6. The second-order valence-electron chi connectivity index (χ2n) is 6.80. The van der Waals surface area contributed by atoms with E-state index >= 15 is 0 Å². The minimum atomic E-state index is -0.442. The van der Waals surface area contributed by atoms with E-state index in [1.165, 1.54) is 11.8 Å². The van der Waals surface area contributed by atoms with Crippen LogP contribution in [0.5, 0.6) is 5.75 Å². The predicted molar refractivity (Wildman–Crippen MR) is 110 cm³/mol. The van der Waals surface area contributed by atoms with Crippen LogP contribution in [0.3, 0.4) is 0 Å². The monoisotopic (exact) mass is 394 g/mol. The molecular weight excluding hydrogens is 372 g/mol. The van der Waals surface area contributed by atoms with Gasteiger partial charge in [-0.25, -0.2) is 0 Å². The number of rotatable bonds is 7. The fourth-order valence-electron chi connectivity index (χ4n) is 3.04. The van der Waals surface area contributed by atoms with Gasteiger partial charge in [0, 0.05) is 24.7 Å². The SMILES string of the molecule is COc1cccc(NC(=O)C(Sc2nnc(C3CC3)n2C)c2ccccc2)c1. The highest BCUT2D eigenvalue weighted by molar-refractivity contribution is 8.00. The molecule has 1 heterocycles. The summed E-state index contributed by atoms with van der Waals surface area (Å²) < 4.78 is 7.26. The lowest BCUT2D eigenvalue weighted by Gasteiger charge is -2.17. The number of nitrogens with one attached hydrogen (secondary N) is 1. The molecule has 0 bridgehead atoms. The Labute approximate surface area is 168 Å². The van der Waals surface area contributed by atoms with Gasteiger partial charge < -0.3 is 14.6 Å². The van der Waals surface area contributed by atoms with Gasteiger partial charge in [-0.1, -0.05) is 48.2 Å². The number of methoxy groups -OCH3 is 1. The van der Waals surface area contributed by atoms with Crippen LogP contribution in [0.2, 0.25) is 0 Å². The van der Waals surface area contributed by atoms with Crippen molar-refractivity contribution in [3.63, 3.8) is 0 Å². The largest absolute Gasteiger partial charge is 0.497 e. The lowest BCUT2D eigenvalue weighted by atomic mass is 10.1. The van der Waals surface area contributed by atoms with Crippen molar-refractivity contribution in [3.8, 4) is 5.75 Å². The molecule has 0 saturated heterocycles. The third kappa shape index (κ3) is 4.04. The maximum Gasteiger partial charge on any atom is 0.242 e. The molecule has 0 aliphatic heterocycles. The number of thioether (sulfide) groups is 1. The molecule has 7 heteroatoms. The predicted octanol–water partition coefficient (Wildman–Crippen LogP) is 4.17. The summed E-state index contributed by atoms with van der Waals surface area (Å²) in [5.41, 5.74) is 1.62. The molecule has 2 aromatic carbocycles. The zero-order chi connectivity index (χ0) is 19.5. The smallest absolute Gasteiger partial charge is 0.242 e. The summed E-state index contributed by atoms with van der Waals surface area (Å²) in [7, 11) is 3.58.